The second-order valence-electron chi connectivity index (χ2n) is 6.05. The Morgan fingerprint density at radius 1 is 0.765 bits per heavy atom. The van der Waals surface area contributed by atoms with Crippen LogP contribution in [0.2, 0.25) is 0 Å². The molecule has 0 aliphatic carbocycles. The van der Waals surface area contributed by atoms with Crippen molar-refractivity contribution >= 4 is 12.6 Å². The molecule has 1 fully saturated rings. The highest BCUT2D eigenvalue weighted by Crippen LogP contribution is 2.18. The molecule has 1 rings (SSSR count). The summed E-state index contributed by atoms with van der Waals surface area (Å²) in [7, 11) is 2.46. The molecule has 1 aliphatic rings. The molecule has 0 amide bonds. The average molecular weight is 258 g/mol. The molecule has 1 aliphatic heterocycles. The Labute approximate surface area is 114 Å². The molecule has 2 heteroatoms. The van der Waals surface area contributed by atoms with Crippen LogP contribution in [0.4, 0.5) is 0 Å². The van der Waals surface area contributed by atoms with Crippen LogP contribution in [0, 0.1) is 0 Å². The lowest BCUT2D eigenvalue weighted by molar-refractivity contribution is -0.914. The van der Waals surface area contributed by atoms with E-state index in [-0.39, 0.29) is 0 Å². The van der Waals surface area contributed by atoms with E-state index in [9.17, 15) is 0 Å². The van der Waals surface area contributed by atoms with E-state index in [1.54, 1.807) is 0 Å². The number of likely N-dealkylation sites (tertiary alicyclic amines) is 1. The van der Waals surface area contributed by atoms with Gasteiger partial charge in [-0.25, -0.2) is 0 Å². The highest BCUT2D eigenvalue weighted by Gasteiger charge is 2.23. The Hall–Kier alpha value is 0.310. The second kappa shape index (κ2) is 9.27. The summed E-state index contributed by atoms with van der Waals surface area (Å²) in [5.74, 6) is 1.07. The van der Waals surface area contributed by atoms with Crippen LogP contribution in [0.5, 0.6) is 0 Å². The Morgan fingerprint density at radius 3 is 1.88 bits per heavy atom. The quantitative estimate of drug-likeness (QED) is 0.356. The summed E-state index contributed by atoms with van der Waals surface area (Å²) in [5.41, 5.74) is 0. The van der Waals surface area contributed by atoms with E-state index in [0.717, 1.165) is 5.75 Å². The molecule has 0 bridgehead atoms. The second-order valence-corrected chi connectivity index (χ2v) is 6.50. The van der Waals surface area contributed by atoms with E-state index in [4.69, 9.17) is 0 Å². The monoisotopic (exact) mass is 258 g/mol. The Kier molecular flexibility index (Phi) is 8.38. The lowest BCUT2D eigenvalue weighted by Crippen LogP contribution is -2.48. The van der Waals surface area contributed by atoms with Crippen LogP contribution in [-0.4, -0.2) is 36.9 Å². The molecule has 0 spiro atoms. The fourth-order valence-electron chi connectivity index (χ4n) is 2.99. The summed E-state index contributed by atoms with van der Waals surface area (Å²) in [6.07, 6.45) is 14.3. The van der Waals surface area contributed by atoms with E-state index in [1.165, 1.54) is 88.3 Å². The van der Waals surface area contributed by atoms with Crippen LogP contribution in [0.25, 0.3) is 0 Å². The topological polar surface area (TPSA) is 0 Å². The minimum Gasteiger partial charge on any atom is -0.326 e. The van der Waals surface area contributed by atoms with Gasteiger partial charge in [-0.3, -0.25) is 0 Å². The van der Waals surface area contributed by atoms with Crippen LogP contribution in [0.3, 0.4) is 0 Å². The van der Waals surface area contributed by atoms with Crippen LogP contribution in [0.15, 0.2) is 0 Å². The summed E-state index contributed by atoms with van der Waals surface area (Å²) in [5, 5.41) is 0. The highest BCUT2D eigenvalue weighted by atomic mass is 32.1. The number of thiol groups is 1. The molecule has 0 atom stereocenters. The maximum absolute atomic E-state index is 4.24. The summed E-state index contributed by atoms with van der Waals surface area (Å²) < 4.78 is 1.36. The van der Waals surface area contributed by atoms with Crippen molar-refractivity contribution in [1.82, 2.24) is 0 Å². The fraction of sp³-hybridized carbons (Fsp3) is 1.00. The summed E-state index contributed by atoms with van der Waals surface area (Å²) in [6.45, 7) is 4.29. The predicted molar refractivity (Wildman–Crippen MR) is 80.8 cm³/mol. The highest BCUT2D eigenvalue weighted by molar-refractivity contribution is 7.80. The molecular weight excluding hydrogens is 226 g/mol. The van der Waals surface area contributed by atoms with Crippen molar-refractivity contribution in [1.29, 1.82) is 0 Å². The van der Waals surface area contributed by atoms with Crippen LogP contribution in [0.1, 0.15) is 64.2 Å². The van der Waals surface area contributed by atoms with E-state index < -0.39 is 0 Å². The van der Waals surface area contributed by atoms with Gasteiger partial charge in [0.05, 0.1) is 26.7 Å². The number of unbranched alkanes of at least 4 members (excludes halogenated alkanes) is 6. The first-order chi connectivity index (χ1) is 8.27. The molecule has 1 heterocycles. The maximum Gasteiger partial charge on any atom is 0.0784 e. The molecular formula is C15H32NS+. The predicted octanol–water partition coefficient (Wildman–Crippen LogP) is 4.28. The van der Waals surface area contributed by atoms with Gasteiger partial charge in [0.25, 0.3) is 0 Å². The molecule has 1 saturated heterocycles. The van der Waals surface area contributed by atoms with Gasteiger partial charge < -0.3 is 4.48 Å². The van der Waals surface area contributed by atoms with Gasteiger partial charge in [-0.2, -0.15) is 12.6 Å². The van der Waals surface area contributed by atoms with E-state index in [1.807, 2.05) is 0 Å². The molecule has 0 unspecified atom stereocenters. The first-order valence-corrected chi connectivity index (χ1v) is 8.34. The van der Waals surface area contributed by atoms with Crippen molar-refractivity contribution in [2.75, 3.05) is 32.4 Å². The Balaban J connectivity index is 1.89. The molecule has 0 aromatic carbocycles. The molecule has 0 aromatic heterocycles. The fourth-order valence-corrected chi connectivity index (χ4v) is 3.21. The van der Waals surface area contributed by atoms with Crippen LogP contribution in [-0.2, 0) is 0 Å². The lowest BCUT2D eigenvalue weighted by atomic mass is 10.1. The average Bonchev–Trinajstić information content (AvgIpc) is 2.33. The summed E-state index contributed by atoms with van der Waals surface area (Å²) in [4.78, 5) is 0. The van der Waals surface area contributed by atoms with E-state index in [2.05, 4.69) is 19.7 Å². The normalized spacial score (nSPS) is 19.4. The van der Waals surface area contributed by atoms with Crippen molar-refractivity contribution < 1.29 is 4.48 Å². The number of hydrogen-bond acceptors (Lipinski definition) is 1. The zero-order chi connectivity index (χ0) is 12.4. The van der Waals surface area contributed by atoms with Gasteiger partial charge in [0.1, 0.15) is 0 Å². The molecule has 0 radical (unpaired) electrons. The van der Waals surface area contributed by atoms with Crippen molar-refractivity contribution in [2.24, 2.45) is 0 Å². The summed E-state index contributed by atoms with van der Waals surface area (Å²) >= 11 is 4.24. The molecule has 0 aromatic rings. The van der Waals surface area contributed by atoms with E-state index >= 15 is 0 Å². The largest absolute Gasteiger partial charge is 0.326 e. The third-order valence-corrected chi connectivity index (χ3v) is 4.57. The van der Waals surface area contributed by atoms with Gasteiger partial charge >= 0.3 is 0 Å². The van der Waals surface area contributed by atoms with Crippen LogP contribution < -0.4 is 0 Å². The smallest absolute Gasteiger partial charge is 0.0784 e. The first kappa shape index (κ1) is 15.4. The third kappa shape index (κ3) is 7.35. The molecule has 1 nitrogen and oxygen atoms in total. The van der Waals surface area contributed by atoms with Crippen molar-refractivity contribution in [3.05, 3.63) is 0 Å². The zero-order valence-corrected chi connectivity index (χ0v) is 12.7. The third-order valence-electron chi connectivity index (χ3n) is 4.25. The first-order valence-electron chi connectivity index (χ1n) is 7.71. The van der Waals surface area contributed by atoms with Crippen molar-refractivity contribution in [2.45, 2.75) is 64.2 Å². The van der Waals surface area contributed by atoms with Gasteiger partial charge in [-0.05, 0) is 44.3 Å². The minimum absolute atomic E-state index is 1.07. The van der Waals surface area contributed by atoms with Crippen LogP contribution >= 0.6 is 12.6 Å². The van der Waals surface area contributed by atoms with Gasteiger partial charge in [0.2, 0.25) is 0 Å². The SMILES string of the molecule is C[N+]1(CCCCCCCCCS)CCCCC1. The molecule has 0 saturated carbocycles. The maximum atomic E-state index is 4.24. The lowest BCUT2D eigenvalue weighted by Gasteiger charge is -2.37. The van der Waals surface area contributed by atoms with Gasteiger partial charge in [-0.15, -0.1) is 0 Å². The number of piperidine rings is 1. The number of rotatable bonds is 9. The Bertz CT molecular complexity index is 176. The molecule has 17 heavy (non-hydrogen) atoms. The number of quaternary nitrogens is 1. The number of nitrogens with zero attached hydrogens (tertiary/aromatic N) is 1. The zero-order valence-electron chi connectivity index (χ0n) is 11.8. The van der Waals surface area contributed by atoms with Crippen molar-refractivity contribution in [3.63, 3.8) is 0 Å². The van der Waals surface area contributed by atoms with Gasteiger partial charge in [-0.1, -0.05) is 25.7 Å². The standard InChI is InChI=1S/C15H31NS/c1-16(13-9-7-10-14-16)12-8-5-3-2-4-6-11-15-17/h2-15H2,1H3/p+1. The van der Waals surface area contributed by atoms with E-state index in [0.29, 0.717) is 0 Å². The van der Waals surface area contributed by atoms with Crippen molar-refractivity contribution in [3.8, 4) is 0 Å². The Morgan fingerprint density at radius 2 is 1.29 bits per heavy atom. The van der Waals surface area contributed by atoms with Gasteiger partial charge in [0.15, 0.2) is 0 Å². The number of hydrogen-bond donors (Lipinski definition) is 1. The van der Waals surface area contributed by atoms with Gasteiger partial charge in [0, 0.05) is 0 Å². The molecule has 102 valence electrons. The minimum atomic E-state index is 1.07. The summed E-state index contributed by atoms with van der Waals surface area (Å²) in [6, 6.07) is 0. The molecule has 0 N–H and O–H groups in total.